The molecule has 1 nitrogen and oxygen atoms in total. The Kier molecular flexibility index (Phi) is 3.60. The van der Waals surface area contributed by atoms with Crippen LogP contribution in [0.5, 0.6) is 0 Å². The molecular formula is C13H16F3N. The Balaban J connectivity index is 2.16. The van der Waals surface area contributed by atoms with Gasteiger partial charge in [0.15, 0.2) is 0 Å². The van der Waals surface area contributed by atoms with Crippen LogP contribution < -0.4 is 5.32 Å². The Bertz CT molecular complexity index is 400. The molecule has 2 rings (SSSR count). The number of hydrogen-bond donors (Lipinski definition) is 1. The van der Waals surface area contributed by atoms with Gasteiger partial charge in [0.05, 0.1) is 5.56 Å². The zero-order valence-electron chi connectivity index (χ0n) is 9.77. The number of rotatable bonds is 4. The van der Waals surface area contributed by atoms with E-state index in [9.17, 15) is 13.2 Å². The van der Waals surface area contributed by atoms with E-state index in [4.69, 9.17) is 0 Å². The third kappa shape index (κ3) is 2.56. The van der Waals surface area contributed by atoms with E-state index in [1.54, 1.807) is 6.07 Å². The minimum Gasteiger partial charge on any atom is -0.384 e. The summed E-state index contributed by atoms with van der Waals surface area (Å²) >= 11 is 0. The van der Waals surface area contributed by atoms with Crippen molar-refractivity contribution in [2.75, 3.05) is 11.9 Å². The van der Waals surface area contributed by atoms with Crippen molar-refractivity contribution in [3.8, 4) is 0 Å². The van der Waals surface area contributed by atoms with Gasteiger partial charge >= 0.3 is 0 Å². The van der Waals surface area contributed by atoms with Gasteiger partial charge < -0.3 is 5.32 Å². The lowest BCUT2D eigenvalue weighted by Gasteiger charge is -2.26. The number of aryl methyl sites for hydroxylation is 1. The van der Waals surface area contributed by atoms with Crippen molar-refractivity contribution in [3.05, 3.63) is 29.1 Å². The van der Waals surface area contributed by atoms with E-state index in [-0.39, 0.29) is 11.3 Å². The predicted octanol–water partition coefficient (Wildman–Crippen LogP) is 4.28. The smallest absolute Gasteiger partial charge is 0.268 e. The largest absolute Gasteiger partial charge is 0.384 e. The monoisotopic (exact) mass is 243 g/mol. The topological polar surface area (TPSA) is 12.0 Å². The third-order valence-corrected chi connectivity index (χ3v) is 3.40. The standard InChI is InChI=1S/C13H16F3N/c1-8-5-6-10(11(12(8)14)13(15)16)17-7-9-3-2-4-9/h5-6,9,13,17H,2-4,7H2,1H3. The summed E-state index contributed by atoms with van der Waals surface area (Å²) in [5, 5.41) is 2.94. The molecule has 1 fully saturated rings. The van der Waals surface area contributed by atoms with Crippen LogP contribution in [0.4, 0.5) is 18.9 Å². The van der Waals surface area contributed by atoms with Crippen LogP contribution in [-0.2, 0) is 0 Å². The molecule has 0 aliphatic heterocycles. The minimum atomic E-state index is -2.78. The average Bonchev–Trinajstić information content (AvgIpc) is 2.20. The molecule has 0 spiro atoms. The molecule has 94 valence electrons. The van der Waals surface area contributed by atoms with E-state index < -0.39 is 17.8 Å². The summed E-state index contributed by atoms with van der Waals surface area (Å²) < 4.78 is 39.2. The second kappa shape index (κ2) is 4.98. The number of alkyl halides is 2. The lowest BCUT2D eigenvalue weighted by molar-refractivity contribution is 0.147. The summed E-state index contributed by atoms with van der Waals surface area (Å²) in [4.78, 5) is 0. The van der Waals surface area contributed by atoms with Gasteiger partial charge in [-0.25, -0.2) is 13.2 Å². The van der Waals surface area contributed by atoms with Crippen molar-refractivity contribution in [2.24, 2.45) is 5.92 Å². The highest BCUT2D eigenvalue weighted by Gasteiger charge is 2.22. The molecule has 1 N–H and O–H groups in total. The van der Waals surface area contributed by atoms with Crippen LogP contribution in [0, 0.1) is 18.7 Å². The Morgan fingerprint density at radius 2 is 2.06 bits per heavy atom. The summed E-state index contributed by atoms with van der Waals surface area (Å²) in [5.41, 5.74) is -0.00572. The molecule has 1 aliphatic rings. The fourth-order valence-corrected chi connectivity index (χ4v) is 2.02. The molecule has 1 aromatic carbocycles. The van der Waals surface area contributed by atoms with Gasteiger partial charge in [-0.1, -0.05) is 12.5 Å². The van der Waals surface area contributed by atoms with Crippen molar-refractivity contribution >= 4 is 5.69 Å². The summed E-state index contributed by atoms with van der Waals surface area (Å²) in [6, 6.07) is 3.07. The van der Waals surface area contributed by atoms with Crippen LogP contribution in [0.25, 0.3) is 0 Å². The van der Waals surface area contributed by atoms with E-state index >= 15 is 0 Å². The van der Waals surface area contributed by atoms with E-state index in [0.717, 1.165) is 12.8 Å². The number of hydrogen-bond acceptors (Lipinski definition) is 1. The molecule has 0 bridgehead atoms. The lowest BCUT2D eigenvalue weighted by Crippen LogP contribution is -2.21. The Morgan fingerprint density at radius 1 is 1.35 bits per heavy atom. The van der Waals surface area contributed by atoms with Gasteiger partial charge in [-0.3, -0.25) is 0 Å². The zero-order valence-corrected chi connectivity index (χ0v) is 9.77. The van der Waals surface area contributed by atoms with Gasteiger partial charge in [-0.05, 0) is 37.3 Å². The SMILES string of the molecule is Cc1ccc(NCC2CCC2)c(C(F)F)c1F. The zero-order chi connectivity index (χ0) is 12.4. The van der Waals surface area contributed by atoms with Crippen LogP contribution in [0.15, 0.2) is 12.1 Å². The van der Waals surface area contributed by atoms with E-state index in [2.05, 4.69) is 5.32 Å². The first-order valence-electron chi connectivity index (χ1n) is 5.90. The second-order valence-corrected chi connectivity index (χ2v) is 4.64. The summed E-state index contributed by atoms with van der Waals surface area (Å²) in [5.74, 6) is -0.247. The van der Waals surface area contributed by atoms with Crippen molar-refractivity contribution < 1.29 is 13.2 Å². The number of nitrogens with one attached hydrogen (secondary N) is 1. The van der Waals surface area contributed by atoms with Crippen molar-refractivity contribution in [1.82, 2.24) is 0 Å². The Morgan fingerprint density at radius 3 is 2.59 bits per heavy atom. The van der Waals surface area contributed by atoms with Crippen LogP contribution >= 0.6 is 0 Å². The van der Waals surface area contributed by atoms with E-state index in [1.165, 1.54) is 19.4 Å². The maximum absolute atomic E-state index is 13.6. The molecule has 1 aromatic rings. The average molecular weight is 243 g/mol. The van der Waals surface area contributed by atoms with Crippen molar-refractivity contribution in [2.45, 2.75) is 32.6 Å². The Labute approximate surface area is 99.0 Å². The molecule has 0 aromatic heterocycles. The fourth-order valence-electron chi connectivity index (χ4n) is 2.02. The molecule has 1 aliphatic carbocycles. The van der Waals surface area contributed by atoms with Gasteiger partial charge in [0.1, 0.15) is 5.82 Å². The van der Waals surface area contributed by atoms with E-state index in [0.29, 0.717) is 12.5 Å². The van der Waals surface area contributed by atoms with Gasteiger partial charge in [-0.2, -0.15) is 0 Å². The highest BCUT2D eigenvalue weighted by atomic mass is 19.3. The second-order valence-electron chi connectivity index (χ2n) is 4.64. The maximum Gasteiger partial charge on any atom is 0.268 e. The van der Waals surface area contributed by atoms with Crippen molar-refractivity contribution in [3.63, 3.8) is 0 Å². The maximum atomic E-state index is 13.6. The van der Waals surface area contributed by atoms with Gasteiger partial charge in [0, 0.05) is 12.2 Å². The predicted molar refractivity (Wildman–Crippen MR) is 61.9 cm³/mol. The van der Waals surface area contributed by atoms with E-state index in [1.807, 2.05) is 0 Å². The minimum absolute atomic E-state index is 0.231. The fraction of sp³-hybridized carbons (Fsp3) is 0.538. The van der Waals surface area contributed by atoms with Crippen LogP contribution in [0.3, 0.4) is 0 Å². The number of halogens is 3. The Hall–Kier alpha value is -1.19. The van der Waals surface area contributed by atoms with Crippen LogP contribution in [0.2, 0.25) is 0 Å². The summed E-state index contributed by atoms with van der Waals surface area (Å²) in [7, 11) is 0. The first kappa shape index (κ1) is 12.3. The molecule has 0 heterocycles. The van der Waals surface area contributed by atoms with Gasteiger partial charge in [0.2, 0.25) is 0 Å². The normalized spacial score (nSPS) is 16.1. The molecule has 17 heavy (non-hydrogen) atoms. The first-order valence-corrected chi connectivity index (χ1v) is 5.90. The molecule has 0 saturated heterocycles. The molecule has 1 saturated carbocycles. The summed E-state index contributed by atoms with van der Waals surface area (Å²) in [6.45, 7) is 2.15. The summed E-state index contributed by atoms with van der Waals surface area (Å²) in [6.07, 6.45) is 0.686. The van der Waals surface area contributed by atoms with Crippen LogP contribution in [0.1, 0.15) is 36.8 Å². The van der Waals surface area contributed by atoms with Crippen LogP contribution in [-0.4, -0.2) is 6.54 Å². The quantitative estimate of drug-likeness (QED) is 0.832. The molecule has 0 atom stereocenters. The first-order chi connectivity index (χ1) is 8.09. The molecule has 4 heteroatoms. The van der Waals surface area contributed by atoms with Gasteiger partial charge in [0.25, 0.3) is 6.43 Å². The third-order valence-electron chi connectivity index (χ3n) is 3.40. The number of benzene rings is 1. The lowest BCUT2D eigenvalue weighted by atomic mass is 9.85. The molecule has 0 radical (unpaired) electrons. The number of anilines is 1. The highest BCUT2D eigenvalue weighted by Crippen LogP contribution is 2.33. The molecule has 0 unspecified atom stereocenters. The highest BCUT2D eigenvalue weighted by molar-refractivity contribution is 5.54. The molecular weight excluding hydrogens is 227 g/mol. The molecule has 0 amide bonds. The van der Waals surface area contributed by atoms with Gasteiger partial charge in [-0.15, -0.1) is 0 Å². The van der Waals surface area contributed by atoms with Crippen molar-refractivity contribution in [1.29, 1.82) is 0 Å².